The zero-order chi connectivity index (χ0) is 18.2. The van der Waals surface area contributed by atoms with Gasteiger partial charge in [-0.2, -0.15) is 4.98 Å². The predicted octanol–water partition coefficient (Wildman–Crippen LogP) is 4.45. The SMILES string of the molecule is CCc1ccc(Nc2ccnc(NCCc3ccccc3OC)n2)cc1. The summed E-state index contributed by atoms with van der Waals surface area (Å²) in [4.78, 5) is 8.81. The van der Waals surface area contributed by atoms with Gasteiger partial charge in [-0.05, 0) is 48.2 Å². The fourth-order valence-electron chi connectivity index (χ4n) is 2.70. The van der Waals surface area contributed by atoms with Crippen LogP contribution < -0.4 is 15.4 Å². The summed E-state index contributed by atoms with van der Waals surface area (Å²) >= 11 is 0. The summed E-state index contributed by atoms with van der Waals surface area (Å²) in [6.07, 6.45) is 3.62. The van der Waals surface area contributed by atoms with Gasteiger partial charge in [0, 0.05) is 18.4 Å². The van der Waals surface area contributed by atoms with E-state index in [0.29, 0.717) is 5.95 Å². The van der Waals surface area contributed by atoms with Crippen molar-refractivity contribution in [1.82, 2.24) is 9.97 Å². The van der Waals surface area contributed by atoms with E-state index < -0.39 is 0 Å². The lowest BCUT2D eigenvalue weighted by Crippen LogP contribution is -2.09. The van der Waals surface area contributed by atoms with E-state index in [9.17, 15) is 0 Å². The molecule has 3 rings (SSSR count). The third-order valence-corrected chi connectivity index (χ3v) is 4.16. The van der Waals surface area contributed by atoms with Crippen LogP contribution in [0.4, 0.5) is 17.5 Å². The van der Waals surface area contributed by atoms with Crippen LogP contribution in [0.2, 0.25) is 0 Å². The Balaban J connectivity index is 1.58. The molecule has 26 heavy (non-hydrogen) atoms. The highest BCUT2D eigenvalue weighted by atomic mass is 16.5. The number of nitrogens with zero attached hydrogens (tertiary/aromatic N) is 2. The molecule has 0 amide bonds. The normalized spacial score (nSPS) is 10.4. The number of hydrogen-bond donors (Lipinski definition) is 2. The van der Waals surface area contributed by atoms with E-state index in [1.807, 2.05) is 24.3 Å². The molecule has 0 fully saturated rings. The average Bonchev–Trinajstić information content (AvgIpc) is 2.69. The smallest absolute Gasteiger partial charge is 0.224 e. The molecule has 0 atom stereocenters. The predicted molar refractivity (Wildman–Crippen MR) is 106 cm³/mol. The molecule has 0 saturated heterocycles. The zero-order valence-corrected chi connectivity index (χ0v) is 15.2. The lowest BCUT2D eigenvalue weighted by molar-refractivity contribution is 0.410. The molecular weight excluding hydrogens is 324 g/mol. The van der Waals surface area contributed by atoms with Crippen molar-refractivity contribution in [3.8, 4) is 5.75 Å². The first-order chi connectivity index (χ1) is 12.8. The van der Waals surface area contributed by atoms with Crippen molar-refractivity contribution >= 4 is 17.5 Å². The van der Waals surface area contributed by atoms with Gasteiger partial charge < -0.3 is 15.4 Å². The van der Waals surface area contributed by atoms with Gasteiger partial charge in [-0.3, -0.25) is 0 Å². The van der Waals surface area contributed by atoms with Gasteiger partial charge in [0.05, 0.1) is 7.11 Å². The van der Waals surface area contributed by atoms with Crippen molar-refractivity contribution in [1.29, 1.82) is 0 Å². The van der Waals surface area contributed by atoms with Crippen LogP contribution in [0.15, 0.2) is 60.8 Å². The maximum atomic E-state index is 5.38. The molecular formula is C21H24N4O. The molecule has 2 N–H and O–H groups in total. The largest absolute Gasteiger partial charge is 0.496 e. The van der Waals surface area contributed by atoms with Crippen molar-refractivity contribution < 1.29 is 4.74 Å². The molecule has 0 bridgehead atoms. The number of hydrogen-bond acceptors (Lipinski definition) is 5. The quantitative estimate of drug-likeness (QED) is 0.630. The Morgan fingerprint density at radius 1 is 1.00 bits per heavy atom. The highest BCUT2D eigenvalue weighted by Crippen LogP contribution is 2.18. The number of anilines is 3. The minimum atomic E-state index is 0.607. The van der Waals surface area contributed by atoms with Gasteiger partial charge in [0.1, 0.15) is 11.6 Å². The van der Waals surface area contributed by atoms with Crippen LogP contribution in [0.25, 0.3) is 0 Å². The lowest BCUT2D eigenvalue weighted by atomic mass is 10.1. The molecule has 2 aromatic carbocycles. The Morgan fingerprint density at radius 2 is 1.81 bits per heavy atom. The van der Waals surface area contributed by atoms with Crippen LogP contribution in [-0.2, 0) is 12.8 Å². The molecule has 1 aromatic heterocycles. The van der Waals surface area contributed by atoms with Crippen LogP contribution in [-0.4, -0.2) is 23.6 Å². The third kappa shape index (κ3) is 4.72. The van der Waals surface area contributed by atoms with E-state index in [-0.39, 0.29) is 0 Å². The Morgan fingerprint density at radius 3 is 2.58 bits per heavy atom. The van der Waals surface area contributed by atoms with Crippen LogP contribution in [0.3, 0.4) is 0 Å². The molecule has 0 spiro atoms. The van der Waals surface area contributed by atoms with Crippen LogP contribution in [0, 0.1) is 0 Å². The maximum Gasteiger partial charge on any atom is 0.224 e. The molecule has 0 radical (unpaired) electrons. The Hall–Kier alpha value is -3.08. The van der Waals surface area contributed by atoms with Gasteiger partial charge in [-0.1, -0.05) is 37.3 Å². The molecule has 0 aliphatic carbocycles. The summed E-state index contributed by atoms with van der Waals surface area (Å²) in [6, 6.07) is 18.3. The molecule has 134 valence electrons. The van der Waals surface area contributed by atoms with Gasteiger partial charge in [0.2, 0.25) is 5.95 Å². The van der Waals surface area contributed by atoms with E-state index >= 15 is 0 Å². The van der Waals surface area contributed by atoms with E-state index in [2.05, 4.69) is 57.9 Å². The lowest BCUT2D eigenvalue weighted by Gasteiger charge is -2.10. The highest BCUT2D eigenvalue weighted by molar-refractivity contribution is 5.57. The number of ether oxygens (including phenoxy) is 1. The minimum absolute atomic E-state index is 0.607. The van der Waals surface area contributed by atoms with Crippen molar-refractivity contribution in [3.63, 3.8) is 0 Å². The fraction of sp³-hybridized carbons (Fsp3) is 0.238. The second-order valence-electron chi connectivity index (χ2n) is 5.93. The summed E-state index contributed by atoms with van der Waals surface area (Å²) in [7, 11) is 1.69. The molecule has 5 nitrogen and oxygen atoms in total. The van der Waals surface area contributed by atoms with Crippen LogP contribution >= 0.6 is 0 Å². The molecule has 3 aromatic rings. The van der Waals surface area contributed by atoms with E-state index in [0.717, 1.165) is 42.2 Å². The number of para-hydroxylation sites is 1. The van der Waals surface area contributed by atoms with E-state index in [4.69, 9.17) is 4.74 Å². The highest BCUT2D eigenvalue weighted by Gasteiger charge is 2.03. The van der Waals surface area contributed by atoms with Crippen molar-refractivity contribution in [3.05, 3.63) is 71.9 Å². The second kappa shape index (κ2) is 8.85. The summed E-state index contributed by atoms with van der Waals surface area (Å²) < 4.78 is 5.38. The Labute approximate surface area is 154 Å². The summed E-state index contributed by atoms with van der Waals surface area (Å²) in [6.45, 7) is 2.88. The third-order valence-electron chi connectivity index (χ3n) is 4.16. The van der Waals surface area contributed by atoms with Gasteiger partial charge >= 0.3 is 0 Å². The number of methoxy groups -OCH3 is 1. The zero-order valence-electron chi connectivity index (χ0n) is 15.2. The first kappa shape index (κ1) is 17.7. The minimum Gasteiger partial charge on any atom is -0.496 e. The standard InChI is InChI=1S/C21H24N4O/c1-3-16-8-10-18(11-9-16)24-20-13-15-23-21(25-20)22-14-12-17-6-4-5-7-19(17)26-2/h4-11,13,15H,3,12,14H2,1-2H3,(H2,22,23,24,25). The first-order valence-corrected chi connectivity index (χ1v) is 8.83. The van der Waals surface area contributed by atoms with Crippen molar-refractivity contribution in [2.24, 2.45) is 0 Å². The molecule has 0 unspecified atom stereocenters. The number of aromatic nitrogens is 2. The summed E-state index contributed by atoms with van der Waals surface area (Å²) in [5.74, 6) is 2.28. The van der Waals surface area contributed by atoms with Crippen LogP contribution in [0.1, 0.15) is 18.1 Å². The summed E-state index contributed by atoms with van der Waals surface area (Å²) in [5, 5.41) is 6.58. The van der Waals surface area contributed by atoms with Gasteiger partial charge in [-0.15, -0.1) is 0 Å². The monoisotopic (exact) mass is 348 g/mol. The van der Waals surface area contributed by atoms with E-state index in [1.54, 1.807) is 13.3 Å². The van der Waals surface area contributed by atoms with Gasteiger partial charge in [0.25, 0.3) is 0 Å². The fourth-order valence-corrected chi connectivity index (χ4v) is 2.70. The first-order valence-electron chi connectivity index (χ1n) is 8.83. The molecule has 5 heteroatoms. The topological polar surface area (TPSA) is 59.1 Å². The second-order valence-corrected chi connectivity index (χ2v) is 5.93. The molecule has 0 aliphatic rings. The van der Waals surface area contributed by atoms with Gasteiger partial charge in [0.15, 0.2) is 0 Å². The molecule has 1 heterocycles. The average molecular weight is 348 g/mol. The van der Waals surface area contributed by atoms with Crippen molar-refractivity contribution in [2.75, 3.05) is 24.3 Å². The maximum absolute atomic E-state index is 5.38. The Kier molecular flexibility index (Phi) is 6.04. The van der Waals surface area contributed by atoms with E-state index in [1.165, 1.54) is 5.56 Å². The van der Waals surface area contributed by atoms with Gasteiger partial charge in [-0.25, -0.2) is 4.98 Å². The number of rotatable bonds is 8. The summed E-state index contributed by atoms with van der Waals surface area (Å²) in [5.41, 5.74) is 3.49. The molecule has 0 saturated carbocycles. The van der Waals surface area contributed by atoms with Crippen LogP contribution in [0.5, 0.6) is 5.75 Å². The number of nitrogens with one attached hydrogen (secondary N) is 2. The number of benzene rings is 2. The van der Waals surface area contributed by atoms with Crippen molar-refractivity contribution in [2.45, 2.75) is 19.8 Å². The molecule has 0 aliphatic heterocycles. The number of aryl methyl sites for hydroxylation is 1. The Bertz CT molecular complexity index is 833.